The van der Waals surface area contributed by atoms with Gasteiger partial charge in [0.25, 0.3) is 0 Å². The summed E-state index contributed by atoms with van der Waals surface area (Å²) in [5.41, 5.74) is 6.66. The van der Waals surface area contributed by atoms with Gasteiger partial charge in [-0.15, -0.1) is 0 Å². The first-order chi connectivity index (χ1) is 5.24. The first-order valence-electron chi connectivity index (χ1n) is 2.96. The van der Waals surface area contributed by atoms with Gasteiger partial charge in [-0.2, -0.15) is 0 Å². The van der Waals surface area contributed by atoms with Crippen LogP contribution in [0.25, 0.3) is 0 Å². The minimum Gasteiger partial charge on any atom is -0.411 e. The summed E-state index contributed by atoms with van der Waals surface area (Å²) in [7, 11) is 0. The molecular formula is C7H7ClN2O. The van der Waals surface area contributed by atoms with E-state index in [1.54, 1.807) is 18.2 Å². The minimum absolute atomic E-state index is 0.534. The predicted molar refractivity (Wildman–Crippen MR) is 45.2 cm³/mol. The van der Waals surface area contributed by atoms with E-state index >= 15 is 0 Å². The van der Waals surface area contributed by atoms with E-state index in [1.165, 1.54) is 6.21 Å². The number of oxime groups is 1. The van der Waals surface area contributed by atoms with Crippen LogP contribution < -0.4 is 5.73 Å². The summed E-state index contributed by atoms with van der Waals surface area (Å²) < 4.78 is 0. The summed E-state index contributed by atoms with van der Waals surface area (Å²) in [6, 6.07) is 4.95. The van der Waals surface area contributed by atoms with Gasteiger partial charge in [-0.3, -0.25) is 0 Å². The first-order valence-corrected chi connectivity index (χ1v) is 3.34. The van der Waals surface area contributed by atoms with Crippen LogP contribution in [0.1, 0.15) is 5.56 Å². The summed E-state index contributed by atoms with van der Waals surface area (Å²) in [6.45, 7) is 0. The molecule has 3 N–H and O–H groups in total. The van der Waals surface area contributed by atoms with Gasteiger partial charge in [-0.05, 0) is 18.2 Å². The molecule has 0 aliphatic rings. The van der Waals surface area contributed by atoms with Gasteiger partial charge in [0.05, 0.1) is 6.21 Å². The third-order valence-corrected chi connectivity index (χ3v) is 1.48. The Hall–Kier alpha value is -1.22. The number of halogens is 1. The summed E-state index contributed by atoms with van der Waals surface area (Å²) in [5, 5.41) is 11.6. The van der Waals surface area contributed by atoms with E-state index in [4.69, 9.17) is 22.5 Å². The molecule has 0 atom stereocenters. The van der Waals surface area contributed by atoms with E-state index in [9.17, 15) is 0 Å². The van der Waals surface area contributed by atoms with Crippen LogP contribution in [-0.4, -0.2) is 11.4 Å². The maximum absolute atomic E-state index is 8.21. The fraction of sp³-hybridized carbons (Fsp3) is 0. The van der Waals surface area contributed by atoms with E-state index in [1.807, 2.05) is 0 Å². The molecule has 1 aromatic carbocycles. The average molecular weight is 171 g/mol. The molecule has 0 unspecified atom stereocenters. The van der Waals surface area contributed by atoms with E-state index in [2.05, 4.69) is 5.16 Å². The standard InChI is InChI=1S/C7H7ClN2O/c8-6-1-2-7(9)5(3-6)4-10-11/h1-4,11H,9H2. The lowest BCUT2D eigenvalue weighted by Crippen LogP contribution is -1.92. The Labute approximate surface area is 69.1 Å². The number of hydrogen-bond acceptors (Lipinski definition) is 3. The predicted octanol–water partition coefficient (Wildman–Crippen LogP) is 1.73. The fourth-order valence-electron chi connectivity index (χ4n) is 0.720. The Bertz CT molecular complexity index is 286. The number of rotatable bonds is 1. The lowest BCUT2D eigenvalue weighted by Gasteiger charge is -1.97. The van der Waals surface area contributed by atoms with Crippen molar-refractivity contribution in [1.29, 1.82) is 0 Å². The van der Waals surface area contributed by atoms with Gasteiger partial charge >= 0.3 is 0 Å². The molecule has 0 fully saturated rings. The second kappa shape index (κ2) is 3.25. The van der Waals surface area contributed by atoms with E-state index < -0.39 is 0 Å². The Kier molecular flexibility index (Phi) is 2.33. The number of benzene rings is 1. The topological polar surface area (TPSA) is 58.6 Å². The van der Waals surface area contributed by atoms with Crippen molar-refractivity contribution in [2.24, 2.45) is 5.16 Å². The van der Waals surface area contributed by atoms with Crippen LogP contribution in [0.3, 0.4) is 0 Å². The monoisotopic (exact) mass is 170 g/mol. The number of nitrogen functional groups attached to an aromatic ring is 1. The number of hydrogen-bond donors (Lipinski definition) is 2. The van der Waals surface area contributed by atoms with Gasteiger partial charge < -0.3 is 10.9 Å². The zero-order chi connectivity index (χ0) is 8.27. The van der Waals surface area contributed by atoms with Crippen molar-refractivity contribution in [3.05, 3.63) is 28.8 Å². The van der Waals surface area contributed by atoms with Gasteiger partial charge in [-0.25, -0.2) is 0 Å². The highest BCUT2D eigenvalue weighted by molar-refractivity contribution is 6.31. The molecule has 0 radical (unpaired) electrons. The van der Waals surface area contributed by atoms with E-state index in [0.29, 0.717) is 16.3 Å². The van der Waals surface area contributed by atoms with Crippen LogP contribution >= 0.6 is 11.6 Å². The second-order valence-electron chi connectivity index (χ2n) is 2.02. The quantitative estimate of drug-likeness (QED) is 0.292. The molecule has 0 saturated carbocycles. The number of anilines is 1. The van der Waals surface area contributed by atoms with Gasteiger partial charge in [0.2, 0.25) is 0 Å². The van der Waals surface area contributed by atoms with Crippen molar-refractivity contribution in [1.82, 2.24) is 0 Å². The Balaban J connectivity index is 3.12. The van der Waals surface area contributed by atoms with Crippen LogP contribution in [-0.2, 0) is 0 Å². The summed E-state index contributed by atoms with van der Waals surface area (Å²) in [4.78, 5) is 0. The highest BCUT2D eigenvalue weighted by atomic mass is 35.5. The molecule has 11 heavy (non-hydrogen) atoms. The molecule has 1 rings (SSSR count). The normalized spacial score (nSPS) is 10.6. The van der Waals surface area contributed by atoms with Crippen molar-refractivity contribution in [2.45, 2.75) is 0 Å². The SMILES string of the molecule is Nc1ccc(Cl)cc1C=NO. The third-order valence-electron chi connectivity index (χ3n) is 1.25. The fourth-order valence-corrected chi connectivity index (χ4v) is 0.900. The van der Waals surface area contributed by atoms with Crippen LogP contribution in [0.2, 0.25) is 5.02 Å². The summed E-state index contributed by atoms with van der Waals surface area (Å²) >= 11 is 5.65. The molecule has 0 heterocycles. The van der Waals surface area contributed by atoms with E-state index in [0.717, 1.165) is 0 Å². The van der Waals surface area contributed by atoms with Crippen LogP contribution in [0, 0.1) is 0 Å². The van der Waals surface area contributed by atoms with Crippen molar-refractivity contribution in [2.75, 3.05) is 5.73 Å². The average Bonchev–Trinajstić information content (AvgIpc) is 1.98. The molecule has 0 aromatic heterocycles. The number of nitrogens with two attached hydrogens (primary N) is 1. The molecule has 0 amide bonds. The number of nitrogens with zero attached hydrogens (tertiary/aromatic N) is 1. The maximum atomic E-state index is 8.21. The second-order valence-corrected chi connectivity index (χ2v) is 2.45. The van der Waals surface area contributed by atoms with Crippen LogP contribution in [0.5, 0.6) is 0 Å². The van der Waals surface area contributed by atoms with Gasteiger partial charge in [0, 0.05) is 16.3 Å². The maximum Gasteiger partial charge on any atom is 0.0755 e. The zero-order valence-corrected chi connectivity index (χ0v) is 6.42. The molecule has 3 nitrogen and oxygen atoms in total. The first kappa shape index (κ1) is 7.88. The lowest BCUT2D eigenvalue weighted by molar-refractivity contribution is 0.322. The molecule has 4 heteroatoms. The van der Waals surface area contributed by atoms with Crippen molar-refractivity contribution in [3.8, 4) is 0 Å². The van der Waals surface area contributed by atoms with Crippen LogP contribution in [0.15, 0.2) is 23.4 Å². The Morgan fingerprint density at radius 1 is 1.55 bits per heavy atom. The third kappa shape index (κ3) is 1.85. The Morgan fingerprint density at radius 3 is 2.91 bits per heavy atom. The molecule has 0 saturated heterocycles. The smallest absolute Gasteiger partial charge is 0.0755 e. The van der Waals surface area contributed by atoms with E-state index in [-0.39, 0.29) is 0 Å². The van der Waals surface area contributed by atoms with Crippen molar-refractivity contribution in [3.63, 3.8) is 0 Å². The van der Waals surface area contributed by atoms with Crippen LogP contribution in [0.4, 0.5) is 5.69 Å². The van der Waals surface area contributed by atoms with Gasteiger partial charge in [0.1, 0.15) is 0 Å². The molecule has 0 bridgehead atoms. The molecule has 1 aromatic rings. The molecular weight excluding hydrogens is 164 g/mol. The molecule has 0 aliphatic carbocycles. The van der Waals surface area contributed by atoms with Gasteiger partial charge in [-0.1, -0.05) is 16.8 Å². The van der Waals surface area contributed by atoms with Crippen molar-refractivity contribution < 1.29 is 5.21 Å². The van der Waals surface area contributed by atoms with Crippen molar-refractivity contribution >= 4 is 23.5 Å². The minimum atomic E-state index is 0.534. The largest absolute Gasteiger partial charge is 0.411 e. The molecule has 58 valence electrons. The zero-order valence-electron chi connectivity index (χ0n) is 5.66. The highest BCUT2D eigenvalue weighted by Gasteiger charge is 1.95. The highest BCUT2D eigenvalue weighted by Crippen LogP contribution is 2.15. The lowest BCUT2D eigenvalue weighted by atomic mass is 10.2. The van der Waals surface area contributed by atoms with Gasteiger partial charge in [0.15, 0.2) is 0 Å². The summed E-state index contributed by atoms with van der Waals surface area (Å²) in [5.74, 6) is 0. The molecule has 0 spiro atoms. The Morgan fingerprint density at radius 2 is 2.27 bits per heavy atom. The molecule has 0 aliphatic heterocycles. The summed E-state index contributed by atoms with van der Waals surface area (Å²) in [6.07, 6.45) is 1.24.